The minimum absolute atomic E-state index is 0.0133. The molecule has 3 N–H and O–H groups in total. The molecule has 0 aromatic carbocycles. The molecule has 13 heavy (non-hydrogen) atoms. The van der Waals surface area contributed by atoms with E-state index in [0.717, 1.165) is 0 Å². The number of carbonyl (C=O) groups is 2. The zero-order chi connectivity index (χ0) is 10.5. The number of hydrogen-bond acceptors (Lipinski definition) is 4. The summed E-state index contributed by atoms with van der Waals surface area (Å²) in [5.41, 5.74) is 4.62. The van der Waals surface area contributed by atoms with Gasteiger partial charge in [-0.2, -0.15) is 0 Å². The highest BCUT2D eigenvalue weighted by Crippen LogP contribution is 1.86. The molecule has 76 valence electrons. The molecule has 7 heteroatoms. The van der Waals surface area contributed by atoms with Crippen LogP contribution in [0.1, 0.15) is 6.92 Å². The van der Waals surface area contributed by atoms with Crippen LogP contribution in [-0.2, 0) is 19.4 Å². The molecule has 0 aliphatic heterocycles. The molecular weight excluding hydrogens is 196 g/mol. The van der Waals surface area contributed by atoms with Crippen molar-refractivity contribution in [2.24, 2.45) is 5.73 Å². The molecular formula is C6H12N2O4S. The van der Waals surface area contributed by atoms with Crippen molar-refractivity contribution < 1.29 is 18.0 Å². The first-order chi connectivity index (χ1) is 5.89. The van der Waals surface area contributed by atoms with E-state index in [-0.39, 0.29) is 18.1 Å². The van der Waals surface area contributed by atoms with Gasteiger partial charge in [0, 0.05) is 12.3 Å². The van der Waals surface area contributed by atoms with Crippen LogP contribution in [0.2, 0.25) is 0 Å². The van der Waals surface area contributed by atoms with Gasteiger partial charge in [-0.15, -0.1) is 0 Å². The van der Waals surface area contributed by atoms with E-state index in [9.17, 15) is 18.0 Å². The van der Waals surface area contributed by atoms with E-state index in [1.807, 2.05) is 0 Å². The molecule has 2 amide bonds. The molecule has 0 spiro atoms. The Bertz CT molecular complexity index is 296. The molecule has 0 radical (unpaired) electrons. The second-order valence-electron chi connectivity index (χ2n) is 2.36. The maximum Gasteiger partial charge on any atom is 0.309 e. The van der Waals surface area contributed by atoms with E-state index >= 15 is 0 Å². The molecule has 0 atom stereocenters. The van der Waals surface area contributed by atoms with Gasteiger partial charge in [-0.1, -0.05) is 6.92 Å². The van der Waals surface area contributed by atoms with E-state index in [1.54, 1.807) is 0 Å². The topological polar surface area (TPSA) is 106 Å². The highest BCUT2D eigenvalue weighted by Gasteiger charge is 2.10. The van der Waals surface area contributed by atoms with Crippen LogP contribution in [0, 0.1) is 0 Å². The second kappa shape index (κ2) is 4.80. The fourth-order valence-corrected chi connectivity index (χ4v) is 1.25. The zero-order valence-corrected chi connectivity index (χ0v) is 8.06. The Morgan fingerprint density at radius 1 is 1.38 bits per heavy atom. The highest BCUT2D eigenvalue weighted by atomic mass is 32.2. The van der Waals surface area contributed by atoms with Gasteiger partial charge in [-0.25, -0.2) is 8.42 Å². The SMILES string of the molecule is CCS(=O)(=O)CCNC(=O)C(N)=O. The molecule has 0 fully saturated rings. The van der Waals surface area contributed by atoms with Crippen molar-refractivity contribution in [3.63, 3.8) is 0 Å². The monoisotopic (exact) mass is 208 g/mol. The predicted molar refractivity (Wildman–Crippen MR) is 46.5 cm³/mol. The van der Waals surface area contributed by atoms with Gasteiger partial charge in [0.1, 0.15) is 0 Å². The molecule has 0 bridgehead atoms. The van der Waals surface area contributed by atoms with Crippen LogP contribution in [0.15, 0.2) is 0 Å². The molecule has 0 aromatic heterocycles. The molecule has 0 heterocycles. The summed E-state index contributed by atoms with van der Waals surface area (Å²) in [4.78, 5) is 20.7. The smallest absolute Gasteiger partial charge is 0.309 e. The lowest BCUT2D eigenvalue weighted by Crippen LogP contribution is -2.38. The highest BCUT2D eigenvalue weighted by molar-refractivity contribution is 7.91. The largest absolute Gasteiger partial charge is 0.361 e. The van der Waals surface area contributed by atoms with Crippen molar-refractivity contribution >= 4 is 21.7 Å². The maximum absolute atomic E-state index is 10.9. The number of hydrogen-bond donors (Lipinski definition) is 2. The van der Waals surface area contributed by atoms with Gasteiger partial charge in [0.2, 0.25) is 0 Å². The van der Waals surface area contributed by atoms with Crippen LogP contribution >= 0.6 is 0 Å². The number of nitrogens with two attached hydrogens (primary N) is 1. The summed E-state index contributed by atoms with van der Waals surface area (Å²) in [6.07, 6.45) is 0. The Morgan fingerprint density at radius 3 is 2.31 bits per heavy atom. The van der Waals surface area contributed by atoms with Crippen molar-refractivity contribution in [1.29, 1.82) is 0 Å². The fraction of sp³-hybridized carbons (Fsp3) is 0.667. The van der Waals surface area contributed by atoms with Crippen LogP contribution in [0.4, 0.5) is 0 Å². The quantitative estimate of drug-likeness (QED) is 0.522. The minimum Gasteiger partial charge on any atom is -0.361 e. The first-order valence-corrected chi connectivity index (χ1v) is 5.49. The van der Waals surface area contributed by atoms with Gasteiger partial charge in [-0.05, 0) is 0 Å². The van der Waals surface area contributed by atoms with Gasteiger partial charge in [0.05, 0.1) is 5.75 Å². The molecule has 0 aliphatic rings. The zero-order valence-electron chi connectivity index (χ0n) is 7.24. The van der Waals surface area contributed by atoms with Crippen molar-refractivity contribution in [1.82, 2.24) is 5.32 Å². The standard InChI is InChI=1S/C6H12N2O4S/c1-2-13(11,12)4-3-8-6(10)5(7)9/h2-4H2,1H3,(H2,7,9)(H,8,10). The third-order valence-electron chi connectivity index (χ3n) is 1.36. The van der Waals surface area contributed by atoms with Gasteiger partial charge < -0.3 is 11.1 Å². The van der Waals surface area contributed by atoms with Gasteiger partial charge >= 0.3 is 11.8 Å². The van der Waals surface area contributed by atoms with Crippen LogP contribution in [0.25, 0.3) is 0 Å². The molecule has 6 nitrogen and oxygen atoms in total. The Kier molecular flexibility index (Phi) is 4.39. The Hall–Kier alpha value is -1.11. The predicted octanol–water partition coefficient (Wildman–Crippen LogP) is -1.98. The number of nitrogens with one attached hydrogen (secondary N) is 1. The third-order valence-corrected chi connectivity index (χ3v) is 3.07. The van der Waals surface area contributed by atoms with Crippen molar-refractivity contribution in [3.8, 4) is 0 Å². The van der Waals surface area contributed by atoms with E-state index in [1.165, 1.54) is 6.92 Å². The molecule has 0 unspecified atom stereocenters. The molecule has 0 aliphatic carbocycles. The Balaban J connectivity index is 3.82. The van der Waals surface area contributed by atoms with E-state index < -0.39 is 21.7 Å². The van der Waals surface area contributed by atoms with Crippen LogP contribution in [0.3, 0.4) is 0 Å². The summed E-state index contributed by atoms with van der Waals surface area (Å²) < 4.78 is 21.8. The lowest BCUT2D eigenvalue weighted by Gasteiger charge is -2.01. The molecule has 0 saturated carbocycles. The molecule has 0 saturated heterocycles. The van der Waals surface area contributed by atoms with E-state index in [0.29, 0.717) is 0 Å². The lowest BCUT2D eigenvalue weighted by molar-refractivity contribution is -0.137. The van der Waals surface area contributed by atoms with Crippen LogP contribution in [0.5, 0.6) is 0 Å². The number of carbonyl (C=O) groups excluding carboxylic acids is 2. The average molecular weight is 208 g/mol. The van der Waals surface area contributed by atoms with Gasteiger partial charge in [0.15, 0.2) is 9.84 Å². The first-order valence-electron chi connectivity index (χ1n) is 3.67. The maximum atomic E-state index is 10.9. The fourth-order valence-electron chi connectivity index (χ4n) is 0.552. The minimum atomic E-state index is -3.11. The van der Waals surface area contributed by atoms with Crippen LogP contribution < -0.4 is 11.1 Å². The summed E-state index contributed by atoms with van der Waals surface area (Å²) in [6.45, 7) is 1.42. The Labute approximate surface area is 76.4 Å². The van der Waals surface area contributed by atoms with Crippen molar-refractivity contribution in [2.45, 2.75) is 6.92 Å². The van der Waals surface area contributed by atoms with Gasteiger partial charge in [0.25, 0.3) is 0 Å². The van der Waals surface area contributed by atoms with Crippen molar-refractivity contribution in [3.05, 3.63) is 0 Å². The van der Waals surface area contributed by atoms with E-state index in [2.05, 4.69) is 11.1 Å². The lowest BCUT2D eigenvalue weighted by atomic mass is 10.5. The van der Waals surface area contributed by atoms with Crippen molar-refractivity contribution in [2.75, 3.05) is 18.1 Å². The molecule has 0 rings (SSSR count). The Morgan fingerprint density at radius 2 is 1.92 bits per heavy atom. The summed E-state index contributed by atoms with van der Waals surface area (Å²) >= 11 is 0. The van der Waals surface area contributed by atoms with Gasteiger partial charge in [-0.3, -0.25) is 9.59 Å². The number of primary amides is 1. The average Bonchev–Trinajstić information content (AvgIpc) is 2.04. The number of sulfone groups is 1. The summed E-state index contributed by atoms with van der Waals surface area (Å²) in [5.74, 6) is -2.25. The normalized spacial score (nSPS) is 10.8. The number of amides is 2. The number of rotatable bonds is 4. The van der Waals surface area contributed by atoms with Crippen LogP contribution in [-0.4, -0.2) is 38.3 Å². The summed E-state index contributed by atoms with van der Waals surface area (Å²) in [6, 6.07) is 0. The molecule has 0 aromatic rings. The van der Waals surface area contributed by atoms with E-state index in [4.69, 9.17) is 0 Å². The first kappa shape index (κ1) is 11.9. The summed E-state index contributed by atoms with van der Waals surface area (Å²) in [5, 5.41) is 2.08. The summed E-state index contributed by atoms with van der Waals surface area (Å²) in [7, 11) is -3.11. The second-order valence-corrected chi connectivity index (χ2v) is 4.83. The third kappa shape index (κ3) is 5.18.